The van der Waals surface area contributed by atoms with Gasteiger partial charge in [-0.1, -0.05) is 6.42 Å². The highest BCUT2D eigenvalue weighted by Crippen LogP contribution is 2.46. The minimum Gasteiger partial charge on any atom is -0.460 e. The van der Waals surface area contributed by atoms with E-state index in [0.717, 1.165) is 0 Å². The summed E-state index contributed by atoms with van der Waals surface area (Å²) in [5.41, 5.74) is 3.69. The fraction of sp³-hybridized carbons (Fsp3) is 0.923. The lowest BCUT2D eigenvalue weighted by molar-refractivity contribution is -0.200. The van der Waals surface area contributed by atoms with Gasteiger partial charge in [0.25, 0.3) is 0 Å². The highest BCUT2D eigenvalue weighted by atomic mass is 19.4. The third kappa shape index (κ3) is 4.09. The fourth-order valence-electron chi connectivity index (χ4n) is 2.48. The largest absolute Gasteiger partial charge is 0.460 e. The molecule has 0 amide bonds. The normalized spacial score (nSPS) is 29.1. The van der Waals surface area contributed by atoms with Crippen LogP contribution < -0.4 is 5.73 Å². The van der Waals surface area contributed by atoms with Crippen molar-refractivity contribution in [2.75, 3.05) is 6.54 Å². The van der Waals surface area contributed by atoms with Gasteiger partial charge in [0.1, 0.15) is 5.60 Å². The number of carbonyl (C=O) groups excluding carboxylic acids is 1. The van der Waals surface area contributed by atoms with Gasteiger partial charge < -0.3 is 10.5 Å². The van der Waals surface area contributed by atoms with Gasteiger partial charge in [0.15, 0.2) is 0 Å². The molecule has 0 aromatic heterocycles. The first kappa shape index (κ1) is 16.3. The van der Waals surface area contributed by atoms with Gasteiger partial charge in [-0.05, 0) is 40.0 Å². The van der Waals surface area contributed by atoms with Crippen LogP contribution >= 0.6 is 0 Å². The van der Waals surface area contributed by atoms with Crippen LogP contribution in [0, 0.1) is 11.3 Å². The molecule has 0 saturated heterocycles. The van der Waals surface area contributed by atoms with Gasteiger partial charge in [-0.3, -0.25) is 4.79 Å². The van der Waals surface area contributed by atoms with E-state index in [2.05, 4.69) is 0 Å². The van der Waals surface area contributed by atoms with Gasteiger partial charge in [-0.25, -0.2) is 0 Å². The van der Waals surface area contributed by atoms with E-state index >= 15 is 0 Å². The number of hydrogen-bond acceptors (Lipinski definition) is 3. The van der Waals surface area contributed by atoms with Crippen LogP contribution in [0.5, 0.6) is 0 Å². The topological polar surface area (TPSA) is 52.3 Å². The number of rotatable bonds is 2. The van der Waals surface area contributed by atoms with Crippen LogP contribution in [0.25, 0.3) is 0 Å². The lowest BCUT2D eigenvalue weighted by Crippen LogP contribution is -2.48. The number of nitrogens with two attached hydrogens (primary N) is 1. The van der Waals surface area contributed by atoms with Gasteiger partial charge in [0.05, 0.1) is 11.3 Å². The molecular formula is C13H22F3NO2. The Bertz CT molecular complexity index is 336. The Hall–Kier alpha value is -0.780. The Labute approximate surface area is 111 Å². The Morgan fingerprint density at radius 3 is 2.37 bits per heavy atom. The molecule has 1 saturated carbocycles. The first-order valence-corrected chi connectivity index (χ1v) is 6.50. The second-order valence-corrected chi connectivity index (χ2v) is 6.32. The fourth-order valence-corrected chi connectivity index (χ4v) is 2.48. The lowest BCUT2D eigenvalue weighted by Gasteiger charge is -2.40. The van der Waals surface area contributed by atoms with Crippen LogP contribution in [0.3, 0.4) is 0 Å². The van der Waals surface area contributed by atoms with Crippen LogP contribution in [0.15, 0.2) is 0 Å². The van der Waals surface area contributed by atoms with E-state index in [1.165, 1.54) is 0 Å². The minimum absolute atomic E-state index is 0.0635. The van der Waals surface area contributed by atoms with Crippen LogP contribution in [0.2, 0.25) is 0 Å². The highest BCUT2D eigenvalue weighted by Gasteiger charge is 2.51. The monoisotopic (exact) mass is 281 g/mol. The predicted molar refractivity (Wildman–Crippen MR) is 65.3 cm³/mol. The quantitative estimate of drug-likeness (QED) is 0.792. The van der Waals surface area contributed by atoms with Gasteiger partial charge in [0, 0.05) is 6.54 Å². The van der Waals surface area contributed by atoms with E-state index in [0.29, 0.717) is 12.8 Å². The Morgan fingerprint density at radius 1 is 1.37 bits per heavy atom. The summed E-state index contributed by atoms with van der Waals surface area (Å²) in [6, 6.07) is 0. The number of halogens is 3. The third-order valence-electron chi connectivity index (χ3n) is 3.53. The second-order valence-electron chi connectivity index (χ2n) is 6.32. The number of esters is 1. The van der Waals surface area contributed by atoms with Gasteiger partial charge in [0.2, 0.25) is 0 Å². The maximum Gasteiger partial charge on any atom is 0.391 e. The van der Waals surface area contributed by atoms with Crippen molar-refractivity contribution < 1.29 is 22.7 Å². The molecule has 1 aliphatic rings. The maximum absolute atomic E-state index is 12.8. The highest BCUT2D eigenvalue weighted by molar-refractivity contribution is 5.77. The smallest absolute Gasteiger partial charge is 0.391 e. The van der Waals surface area contributed by atoms with Crippen molar-refractivity contribution in [3.05, 3.63) is 0 Å². The maximum atomic E-state index is 12.8. The zero-order valence-electron chi connectivity index (χ0n) is 11.6. The molecule has 2 unspecified atom stereocenters. The van der Waals surface area contributed by atoms with E-state index in [4.69, 9.17) is 10.5 Å². The Morgan fingerprint density at radius 2 is 1.95 bits per heavy atom. The minimum atomic E-state index is -4.27. The summed E-state index contributed by atoms with van der Waals surface area (Å²) in [5.74, 6) is -2.06. The molecule has 3 nitrogen and oxygen atoms in total. The van der Waals surface area contributed by atoms with Crippen LogP contribution in [0.4, 0.5) is 13.2 Å². The molecule has 2 atom stereocenters. The zero-order chi connectivity index (χ0) is 14.9. The first-order valence-electron chi connectivity index (χ1n) is 6.50. The van der Waals surface area contributed by atoms with Gasteiger partial charge >= 0.3 is 12.1 Å². The molecule has 1 rings (SSSR count). The average molecular weight is 281 g/mol. The molecule has 0 heterocycles. The molecule has 1 fully saturated rings. The van der Waals surface area contributed by atoms with Crippen molar-refractivity contribution in [3.63, 3.8) is 0 Å². The van der Waals surface area contributed by atoms with E-state index in [-0.39, 0.29) is 19.4 Å². The van der Waals surface area contributed by atoms with Crippen molar-refractivity contribution in [2.45, 2.75) is 58.2 Å². The summed E-state index contributed by atoms with van der Waals surface area (Å²) in [6.45, 7) is 4.98. The molecule has 0 spiro atoms. The summed E-state index contributed by atoms with van der Waals surface area (Å²) >= 11 is 0. The van der Waals surface area contributed by atoms with E-state index in [1.807, 2.05) is 0 Å². The number of alkyl halides is 3. The molecule has 2 N–H and O–H groups in total. The average Bonchev–Trinajstić information content (AvgIpc) is 2.25. The SMILES string of the molecule is CC(C)(C)OC(=O)C1(CN)CCCC(C(F)(F)F)C1. The summed E-state index contributed by atoms with van der Waals surface area (Å²) in [4.78, 5) is 12.2. The van der Waals surface area contributed by atoms with Crippen LogP contribution in [0.1, 0.15) is 46.5 Å². The summed E-state index contributed by atoms with van der Waals surface area (Å²) < 4.78 is 43.7. The third-order valence-corrected chi connectivity index (χ3v) is 3.53. The standard InChI is InChI=1S/C13H22F3NO2/c1-11(2,3)19-10(18)12(8-17)6-4-5-9(7-12)13(14,15)16/h9H,4-8,17H2,1-3H3. The Kier molecular flexibility index (Phi) is 4.55. The molecule has 112 valence electrons. The van der Waals surface area contributed by atoms with Gasteiger partial charge in [-0.2, -0.15) is 13.2 Å². The molecule has 19 heavy (non-hydrogen) atoms. The van der Waals surface area contributed by atoms with Crippen molar-refractivity contribution in [1.82, 2.24) is 0 Å². The summed E-state index contributed by atoms with van der Waals surface area (Å²) in [7, 11) is 0. The van der Waals surface area contributed by atoms with E-state index in [9.17, 15) is 18.0 Å². The predicted octanol–water partition coefficient (Wildman–Crippen LogP) is 3.03. The van der Waals surface area contributed by atoms with Crippen molar-refractivity contribution >= 4 is 5.97 Å². The molecule has 0 radical (unpaired) electrons. The summed E-state index contributed by atoms with van der Waals surface area (Å²) in [5, 5.41) is 0. The van der Waals surface area contributed by atoms with E-state index < -0.39 is 29.1 Å². The van der Waals surface area contributed by atoms with Crippen molar-refractivity contribution in [3.8, 4) is 0 Å². The lowest BCUT2D eigenvalue weighted by atomic mass is 9.69. The number of hydrogen-bond donors (Lipinski definition) is 1. The second kappa shape index (κ2) is 5.31. The molecule has 0 bridgehead atoms. The van der Waals surface area contributed by atoms with Crippen LogP contribution in [-0.2, 0) is 9.53 Å². The zero-order valence-corrected chi connectivity index (χ0v) is 11.6. The van der Waals surface area contributed by atoms with Gasteiger partial charge in [-0.15, -0.1) is 0 Å². The molecular weight excluding hydrogens is 259 g/mol. The molecule has 6 heteroatoms. The number of carbonyl (C=O) groups is 1. The molecule has 1 aliphatic carbocycles. The van der Waals surface area contributed by atoms with Crippen LogP contribution in [-0.4, -0.2) is 24.3 Å². The molecule has 0 aromatic carbocycles. The van der Waals surface area contributed by atoms with E-state index in [1.54, 1.807) is 20.8 Å². The molecule has 0 aliphatic heterocycles. The number of ether oxygens (including phenoxy) is 1. The van der Waals surface area contributed by atoms with Crippen molar-refractivity contribution in [2.24, 2.45) is 17.1 Å². The molecule has 0 aromatic rings. The summed E-state index contributed by atoms with van der Waals surface area (Å²) in [6.07, 6.45) is -3.76. The first-order chi connectivity index (χ1) is 8.50. The van der Waals surface area contributed by atoms with Crippen molar-refractivity contribution in [1.29, 1.82) is 0 Å². The Balaban J connectivity index is 2.88.